The van der Waals surface area contributed by atoms with E-state index in [2.05, 4.69) is 17.6 Å². The summed E-state index contributed by atoms with van der Waals surface area (Å²) in [6.45, 7) is 6.43. The number of urea groups is 1. The van der Waals surface area contributed by atoms with Gasteiger partial charge in [-0.25, -0.2) is 4.79 Å². The van der Waals surface area contributed by atoms with Gasteiger partial charge < -0.3 is 5.32 Å². The van der Waals surface area contributed by atoms with E-state index in [0.717, 1.165) is 17.7 Å². The molecule has 0 saturated carbocycles. The standard InChI is InChI=1S/C13H19N3O2/c1-4-11-7-6-10(3)16(8-11)9-12(17)15-13(18)14-5-2/h6-8H,4-5,9H2,1-3H3,(H-,14,15,17,18)/p+1. The van der Waals surface area contributed by atoms with Crippen LogP contribution >= 0.6 is 0 Å². The SMILES string of the molecule is CCNC(=O)NC(=O)C[n+]1cc(CC)ccc1C. The van der Waals surface area contributed by atoms with Crippen LogP contribution in [0.25, 0.3) is 0 Å². The van der Waals surface area contributed by atoms with Crippen molar-refractivity contribution in [2.24, 2.45) is 0 Å². The molecule has 1 rings (SSSR count). The van der Waals surface area contributed by atoms with E-state index >= 15 is 0 Å². The summed E-state index contributed by atoms with van der Waals surface area (Å²) in [4.78, 5) is 22.9. The Bertz CT molecular complexity index is 444. The average Bonchev–Trinajstić information content (AvgIpc) is 2.32. The molecule has 98 valence electrons. The first-order chi connectivity index (χ1) is 8.56. The van der Waals surface area contributed by atoms with E-state index in [1.165, 1.54) is 0 Å². The van der Waals surface area contributed by atoms with E-state index in [1.807, 2.05) is 29.8 Å². The van der Waals surface area contributed by atoms with E-state index in [-0.39, 0.29) is 12.5 Å². The number of rotatable bonds is 4. The molecular weight excluding hydrogens is 230 g/mol. The largest absolute Gasteiger partial charge is 0.338 e. The van der Waals surface area contributed by atoms with Gasteiger partial charge in [0, 0.05) is 25.1 Å². The maximum absolute atomic E-state index is 11.7. The van der Waals surface area contributed by atoms with Crippen LogP contribution in [0.2, 0.25) is 0 Å². The Balaban J connectivity index is 2.66. The number of carbonyl (C=O) groups is 2. The van der Waals surface area contributed by atoms with Gasteiger partial charge >= 0.3 is 6.03 Å². The summed E-state index contributed by atoms with van der Waals surface area (Å²) < 4.78 is 1.84. The minimum Gasteiger partial charge on any atom is -0.338 e. The summed E-state index contributed by atoms with van der Waals surface area (Å²) in [5.41, 5.74) is 2.14. The quantitative estimate of drug-likeness (QED) is 0.772. The van der Waals surface area contributed by atoms with Gasteiger partial charge in [-0.2, -0.15) is 4.57 Å². The maximum Gasteiger partial charge on any atom is 0.321 e. The van der Waals surface area contributed by atoms with Gasteiger partial charge in [0.25, 0.3) is 5.91 Å². The van der Waals surface area contributed by atoms with Crippen molar-refractivity contribution in [2.45, 2.75) is 33.7 Å². The Morgan fingerprint density at radius 3 is 2.61 bits per heavy atom. The zero-order chi connectivity index (χ0) is 13.5. The average molecular weight is 250 g/mol. The third-order valence-electron chi connectivity index (χ3n) is 2.63. The van der Waals surface area contributed by atoms with Crippen LogP contribution in [0, 0.1) is 6.92 Å². The first-order valence-electron chi connectivity index (χ1n) is 6.13. The lowest BCUT2D eigenvalue weighted by Gasteiger charge is -2.04. The molecule has 0 fully saturated rings. The van der Waals surface area contributed by atoms with Crippen LogP contribution in [0.3, 0.4) is 0 Å². The summed E-state index contributed by atoms with van der Waals surface area (Å²) in [5, 5.41) is 4.80. The molecule has 1 aromatic heterocycles. The zero-order valence-electron chi connectivity index (χ0n) is 11.1. The Labute approximate surface area is 107 Å². The van der Waals surface area contributed by atoms with Crippen LogP contribution in [-0.2, 0) is 17.8 Å². The minimum absolute atomic E-state index is 0.150. The van der Waals surface area contributed by atoms with E-state index in [4.69, 9.17) is 0 Å². The molecule has 5 nitrogen and oxygen atoms in total. The number of imide groups is 1. The zero-order valence-corrected chi connectivity index (χ0v) is 11.1. The second kappa shape index (κ2) is 6.74. The molecule has 0 bridgehead atoms. The highest BCUT2D eigenvalue weighted by Crippen LogP contribution is 1.98. The number of nitrogens with zero attached hydrogens (tertiary/aromatic N) is 1. The van der Waals surface area contributed by atoms with Gasteiger partial charge in [-0.05, 0) is 19.4 Å². The Hall–Kier alpha value is -1.91. The molecular formula is C13H20N3O2+. The molecule has 0 spiro atoms. The topological polar surface area (TPSA) is 62.1 Å². The molecule has 3 amide bonds. The number of pyridine rings is 1. The monoisotopic (exact) mass is 250 g/mol. The van der Waals surface area contributed by atoms with E-state index in [0.29, 0.717) is 6.54 Å². The molecule has 0 aliphatic heterocycles. The fourth-order valence-electron chi connectivity index (χ4n) is 1.57. The van der Waals surface area contributed by atoms with Crippen molar-refractivity contribution in [3.63, 3.8) is 0 Å². The smallest absolute Gasteiger partial charge is 0.321 e. The lowest BCUT2D eigenvalue weighted by molar-refractivity contribution is -0.690. The third-order valence-corrected chi connectivity index (χ3v) is 2.63. The van der Waals surface area contributed by atoms with Crippen molar-refractivity contribution in [3.05, 3.63) is 29.6 Å². The van der Waals surface area contributed by atoms with Gasteiger partial charge in [-0.1, -0.05) is 6.92 Å². The van der Waals surface area contributed by atoms with Crippen molar-refractivity contribution >= 4 is 11.9 Å². The fourth-order valence-corrected chi connectivity index (χ4v) is 1.57. The van der Waals surface area contributed by atoms with Crippen LogP contribution in [0.5, 0.6) is 0 Å². The van der Waals surface area contributed by atoms with Crippen LogP contribution < -0.4 is 15.2 Å². The van der Waals surface area contributed by atoms with Gasteiger partial charge in [0.05, 0.1) is 0 Å². The highest BCUT2D eigenvalue weighted by atomic mass is 16.2. The number of hydrogen-bond acceptors (Lipinski definition) is 2. The second-order valence-corrected chi connectivity index (χ2v) is 4.07. The van der Waals surface area contributed by atoms with E-state index in [1.54, 1.807) is 6.92 Å². The normalized spacial score (nSPS) is 9.94. The van der Waals surface area contributed by atoms with Crippen molar-refractivity contribution in [2.75, 3.05) is 6.54 Å². The molecule has 0 aliphatic rings. The Morgan fingerprint density at radius 2 is 2.00 bits per heavy atom. The lowest BCUT2D eigenvalue weighted by Crippen LogP contribution is -2.48. The van der Waals surface area contributed by atoms with Crippen molar-refractivity contribution in [1.82, 2.24) is 10.6 Å². The number of nitrogens with one attached hydrogen (secondary N) is 2. The van der Waals surface area contributed by atoms with E-state index in [9.17, 15) is 9.59 Å². The molecule has 5 heteroatoms. The molecule has 0 unspecified atom stereocenters. The van der Waals surface area contributed by atoms with Gasteiger partial charge in [0.1, 0.15) is 0 Å². The highest BCUT2D eigenvalue weighted by molar-refractivity contribution is 5.93. The van der Waals surface area contributed by atoms with Gasteiger partial charge in [-0.3, -0.25) is 10.1 Å². The highest BCUT2D eigenvalue weighted by Gasteiger charge is 2.15. The summed E-state index contributed by atoms with van der Waals surface area (Å²) in [6, 6.07) is 3.55. The van der Waals surface area contributed by atoms with E-state index < -0.39 is 6.03 Å². The summed E-state index contributed by atoms with van der Waals surface area (Å²) in [6.07, 6.45) is 2.85. The van der Waals surface area contributed by atoms with Crippen LogP contribution in [0.4, 0.5) is 4.79 Å². The van der Waals surface area contributed by atoms with Crippen molar-refractivity contribution in [1.29, 1.82) is 0 Å². The molecule has 1 heterocycles. The summed E-state index contributed by atoms with van der Waals surface area (Å²) in [7, 11) is 0. The fraction of sp³-hybridized carbons (Fsp3) is 0.462. The van der Waals surface area contributed by atoms with Crippen molar-refractivity contribution < 1.29 is 14.2 Å². The summed E-state index contributed by atoms with van der Waals surface area (Å²) >= 11 is 0. The summed E-state index contributed by atoms with van der Waals surface area (Å²) in [5.74, 6) is -0.317. The number of aromatic nitrogens is 1. The maximum atomic E-state index is 11.7. The first-order valence-corrected chi connectivity index (χ1v) is 6.13. The van der Waals surface area contributed by atoms with Gasteiger partial charge in [0.2, 0.25) is 6.54 Å². The van der Waals surface area contributed by atoms with Crippen molar-refractivity contribution in [3.8, 4) is 0 Å². The predicted octanol–water partition coefficient (Wildman–Crippen LogP) is 0.691. The van der Waals surface area contributed by atoms with Crippen LogP contribution in [-0.4, -0.2) is 18.5 Å². The molecule has 0 aromatic carbocycles. The molecule has 0 aliphatic carbocycles. The molecule has 1 aromatic rings. The van der Waals surface area contributed by atoms with Gasteiger partial charge in [-0.15, -0.1) is 0 Å². The minimum atomic E-state index is -0.451. The number of carbonyl (C=O) groups excluding carboxylic acids is 2. The molecule has 2 N–H and O–H groups in total. The number of amides is 3. The van der Waals surface area contributed by atoms with Gasteiger partial charge in [0.15, 0.2) is 11.9 Å². The molecule has 0 atom stereocenters. The molecule has 18 heavy (non-hydrogen) atoms. The Kier molecular flexibility index (Phi) is 5.30. The van der Waals surface area contributed by atoms with Crippen LogP contribution in [0.15, 0.2) is 18.3 Å². The first kappa shape index (κ1) is 14.2. The third kappa shape index (κ3) is 4.16. The Morgan fingerprint density at radius 1 is 1.28 bits per heavy atom. The molecule has 0 saturated heterocycles. The molecule has 0 radical (unpaired) electrons. The lowest BCUT2D eigenvalue weighted by atomic mass is 10.2. The van der Waals surface area contributed by atoms with Crippen LogP contribution in [0.1, 0.15) is 25.1 Å². The number of hydrogen-bond donors (Lipinski definition) is 2. The second-order valence-electron chi connectivity index (χ2n) is 4.07. The number of aryl methyl sites for hydroxylation is 2. The predicted molar refractivity (Wildman–Crippen MR) is 68.0 cm³/mol.